The number of carbonyl (C=O) groups excluding carboxylic acids is 2. The molecule has 6 nitrogen and oxygen atoms in total. The van der Waals surface area contributed by atoms with Gasteiger partial charge in [-0.25, -0.2) is 4.98 Å². The van der Waals surface area contributed by atoms with Gasteiger partial charge in [-0.3, -0.25) is 9.59 Å². The summed E-state index contributed by atoms with van der Waals surface area (Å²) in [5, 5.41) is 0.703. The Morgan fingerprint density at radius 2 is 1.84 bits per heavy atom. The average molecular weight is 450 g/mol. The van der Waals surface area contributed by atoms with E-state index in [0.29, 0.717) is 24.8 Å². The second-order valence-corrected chi connectivity index (χ2v) is 9.78. The number of rotatable bonds is 4. The summed E-state index contributed by atoms with van der Waals surface area (Å²) in [7, 11) is 0. The van der Waals surface area contributed by atoms with Crippen molar-refractivity contribution in [3.05, 3.63) is 53.6 Å². The number of aryl methyl sites for hydroxylation is 2. The van der Waals surface area contributed by atoms with E-state index in [2.05, 4.69) is 24.0 Å². The van der Waals surface area contributed by atoms with E-state index in [9.17, 15) is 9.59 Å². The molecule has 2 aromatic carbocycles. The zero-order chi connectivity index (χ0) is 22.2. The van der Waals surface area contributed by atoms with Crippen LogP contribution in [0.1, 0.15) is 30.4 Å². The van der Waals surface area contributed by atoms with Crippen LogP contribution in [0.3, 0.4) is 0 Å². The molecule has 7 heteroatoms. The molecule has 1 unspecified atom stereocenters. The predicted octanol–water partition coefficient (Wildman–Crippen LogP) is 4.34. The minimum absolute atomic E-state index is 0.0246. The minimum Gasteiger partial charge on any atom is -0.467 e. The lowest BCUT2D eigenvalue weighted by molar-refractivity contribution is -0.137. The van der Waals surface area contributed by atoms with Crippen LogP contribution in [0.5, 0.6) is 5.19 Å². The van der Waals surface area contributed by atoms with E-state index >= 15 is 0 Å². The van der Waals surface area contributed by atoms with E-state index in [1.54, 1.807) is 16.2 Å². The van der Waals surface area contributed by atoms with E-state index in [4.69, 9.17) is 4.74 Å². The van der Waals surface area contributed by atoms with Gasteiger partial charge in [-0.2, -0.15) is 0 Å². The number of thiazole rings is 1. The topological polar surface area (TPSA) is 62.7 Å². The molecule has 0 radical (unpaired) electrons. The number of carbonyl (C=O) groups is 2. The smallest absolute Gasteiger partial charge is 0.274 e. The predicted molar refractivity (Wildman–Crippen MR) is 126 cm³/mol. The van der Waals surface area contributed by atoms with E-state index < -0.39 is 0 Å². The molecule has 0 aliphatic carbocycles. The Hall–Kier alpha value is -2.93. The number of benzene rings is 2. The average Bonchev–Trinajstić information content (AvgIpc) is 3.38. The number of ether oxygens (including phenoxy) is 1. The number of hydrogen-bond donors (Lipinski definition) is 0. The number of nitrogens with zero attached hydrogens (tertiary/aromatic N) is 3. The molecule has 0 N–H and O–H groups in total. The summed E-state index contributed by atoms with van der Waals surface area (Å²) in [6, 6.07) is 14.1. The highest BCUT2D eigenvalue weighted by Crippen LogP contribution is 2.32. The maximum absolute atomic E-state index is 13.1. The molecule has 2 saturated heterocycles. The summed E-state index contributed by atoms with van der Waals surface area (Å²) in [4.78, 5) is 33.9. The van der Waals surface area contributed by atoms with Crippen LogP contribution in [0.25, 0.3) is 10.2 Å². The van der Waals surface area contributed by atoms with Crippen molar-refractivity contribution in [3.8, 4) is 5.19 Å². The highest BCUT2D eigenvalue weighted by atomic mass is 32.1. The first-order chi connectivity index (χ1) is 15.5. The van der Waals surface area contributed by atoms with Gasteiger partial charge in [-0.05, 0) is 37.6 Å². The van der Waals surface area contributed by atoms with E-state index in [1.165, 1.54) is 0 Å². The number of piperidine rings is 1. The molecule has 2 aliphatic rings. The molecule has 1 aromatic heterocycles. The first kappa shape index (κ1) is 20.9. The van der Waals surface area contributed by atoms with Gasteiger partial charge in [0.1, 0.15) is 6.10 Å². The molecular weight excluding hydrogens is 422 g/mol. The van der Waals surface area contributed by atoms with Crippen molar-refractivity contribution in [2.45, 2.75) is 39.2 Å². The Kier molecular flexibility index (Phi) is 5.59. The third kappa shape index (κ3) is 4.09. The summed E-state index contributed by atoms with van der Waals surface area (Å²) in [5.74, 6) is -0.160. The number of likely N-dealkylation sites (tertiary alicyclic amines) is 1. The van der Waals surface area contributed by atoms with Gasteiger partial charge < -0.3 is 14.5 Å². The van der Waals surface area contributed by atoms with Crippen LogP contribution in [0.4, 0.5) is 5.69 Å². The highest BCUT2D eigenvalue weighted by Gasteiger charge is 2.38. The highest BCUT2D eigenvalue weighted by molar-refractivity contribution is 7.20. The molecule has 0 bridgehead atoms. The number of fused-ring (bicyclic) bond motifs is 1. The third-order valence-electron chi connectivity index (χ3n) is 6.44. The maximum atomic E-state index is 13.1. The first-order valence-electron chi connectivity index (χ1n) is 11.2. The summed E-state index contributed by atoms with van der Waals surface area (Å²) in [6.45, 7) is 5.85. The van der Waals surface area contributed by atoms with Crippen molar-refractivity contribution < 1.29 is 14.3 Å². The molecule has 32 heavy (non-hydrogen) atoms. The Bertz CT molecular complexity index is 1150. The summed E-state index contributed by atoms with van der Waals surface area (Å²) >= 11 is 1.57. The Morgan fingerprint density at radius 1 is 1.09 bits per heavy atom. The monoisotopic (exact) mass is 449 g/mol. The molecule has 0 saturated carbocycles. The lowest BCUT2D eigenvalue weighted by Crippen LogP contribution is -2.44. The van der Waals surface area contributed by atoms with Gasteiger partial charge in [0.15, 0.2) is 0 Å². The fourth-order valence-electron chi connectivity index (χ4n) is 4.56. The summed E-state index contributed by atoms with van der Waals surface area (Å²) in [6.07, 6.45) is 1.91. The summed E-state index contributed by atoms with van der Waals surface area (Å²) in [5.41, 5.74) is 4.18. The van der Waals surface area contributed by atoms with Gasteiger partial charge in [0.2, 0.25) is 11.8 Å². The second kappa shape index (κ2) is 8.54. The molecule has 3 aromatic rings. The number of anilines is 1. The molecule has 166 valence electrons. The van der Waals surface area contributed by atoms with Gasteiger partial charge in [-0.1, -0.05) is 41.2 Å². The van der Waals surface area contributed by atoms with E-state index in [0.717, 1.165) is 39.9 Å². The van der Waals surface area contributed by atoms with Gasteiger partial charge in [0.25, 0.3) is 5.19 Å². The maximum Gasteiger partial charge on any atom is 0.274 e. The van der Waals surface area contributed by atoms with Gasteiger partial charge in [0, 0.05) is 44.6 Å². The second-order valence-electron chi connectivity index (χ2n) is 8.78. The van der Waals surface area contributed by atoms with Crippen LogP contribution in [0.2, 0.25) is 0 Å². The Labute approximate surface area is 191 Å². The molecular formula is C25H27N3O3S. The van der Waals surface area contributed by atoms with E-state index in [-0.39, 0.29) is 30.3 Å². The zero-order valence-corrected chi connectivity index (χ0v) is 19.2. The van der Waals surface area contributed by atoms with Crippen LogP contribution in [-0.2, 0) is 9.59 Å². The molecule has 5 rings (SSSR count). The van der Waals surface area contributed by atoms with Crippen molar-refractivity contribution in [1.29, 1.82) is 0 Å². The van der Waals surface area contributed by atoms with E-state index in [1.807, 2.05) is 42.2 Å². The SMILES string of the molecule is Cc1ccc(N2CC(C(=O)N3CCC(Oc4nc5c(C)cccc5s4)CC3)CC2=O)cc1. The minimum atomic E-state index is -0.270. The van der Waals surface area contributed by atoms with Crippen LogP contribution in [0.15, 0.2) is 42.5 Å². The normalized spacial score (nSPS) is 19.7. The number of para-hydroxylation sites is 1. The molecule has 2 amide bonds. The Morgan fingerprint density at radius 3 is 2.56 bits per heavy atom. The third-order valence-corrected chi connectivity index (χ3v) is 7.35. The van der Waals surface area contributed by atoms with Crippen LogP contribution in [0, 0.1) is 19.8 Å². The largest absolute Gasteiger partial charge is 0.467 e. The lowest BCUT2D eigenvalue weighted by Gasteiger charge is -2.33. The van der Waals surface area contributed by atoms with Gasteiger partial charge in [0.05, 0.1) is 16.1 Å². The number of amides is 2. The number of hydrogen-bond acceptors (Lipinski definition) is 5. The van der Waals surface area contributed by atoms with Crippen molar-refractivity contribution in [2.24, 2.45) is 5.92 Å². The quantitative estimate of drug-likeness (QED) is 0.595. The van der Waals surface area contributed by atoms with Crippen molar-refractivity contribution >= 4 is 39.1 Å². The number of aromatic nitrogens is 1. The Balaban J connectivity index is 1.17. The lowest BCUT2D eigenvalue weighted by atomic mass is 10.0. The molecule has 2 aliphatic heterocycles. The molecule has 3 heterocycles. The first-order valence-corrected chi connectivity index (χ1v) is 12.0. The van der Waals surface area contributed by atoms with Crippen LogP contribution in [-0.4, -0.2) is 47.4 Å². The fraction of sp³-hybridized carbons (Fsp3) is 0.400. The molecule has 2 fully saturated rings. The van der Waals surface area contributed by atoms with Crippen LogP contribution < -0.4 is 9.64 Å². The van der Waals surface area contributed by atoms with Gasteiger partial charge in [-0.15, -0.1) is 0 Å². The van der Waals surface area contributed by atoms with Crippen molar-refractivity contribution in [3.63, 3.8) is 0 Å². The summed E-state index contributed by atoms with van der Waals surface area (Å²) < 4.78 is 7.29. The fourth-order valence-corrected chi connectivity index (χ4v) is 5.52. The van der Waals surface area contributed by atoms with Crippen LogP contribution >= 0.6 is 11.3 Å². The van der Waals surface area contributed by atoms with Crippen molar-refractivity contribution in [2.75, 3.05) is 24.5 Å². The zero-order valence-electron chi connectivity index (χ0n) is 18.4. The van der Waals surface area contributed by atoms with Gasteiger partial charge >= 0.3 is 0 Å². The standard InChI is InChI=1S/C25H27N3O3S/c1-16-6-8-19(9-7-16)28-15-18(14-22(28)29)24(30)27-12-10-20(11-13-27)31-25-26-23-17(2)4-3-5-21(23)32-25/h3-9,18,20H,10-15H2,1-2H3. The van der Waals surface area contributed by atoms with Crippen molar-refractivity contribution in [1.82, 2.24) is 9.88 Å². The molecule has 1 atom stereocenters. The molecule has 0 spiro atoms.